The van der Waals surface area contributed by atoms with Gasteiger partial charge in [0.2, 0.25) is 0 Å². The van der Waals surface area contributed by atoms with Crippen LogP contribution in [0.5, 0.6) is 5.75 Å². The van der Waals surface area contributed by atoms with Crippen LogP contribution in [0.4, 0.5) is 0 Å². The van der Waals surface area contributed by atoms with Crippen molar-refractivity contribution >= 4 is 5.97 Å². The van der Waals surface area contributed by atoms with Crippen molar-refractivity contribution in [2.75, 3.05) is 7.11 Å². The van der Waals surface area contributed by atoms with Crippen molar-refractivity contribution in [2.45, 2.75) is 13.3 Å². The molecule has 1 unspecified atom stereocenters. The van der Waals surface area contributed by atoms with E-state index in [-0.39, 0.29) is 0 Å². The molecule has 0 saturated heterocycles. The maximum Gasteiger partial charge on any atom is 0.306 e. The molecule has 1 atom stereocenters. The summed E-state index contributed by atoms with van der Waals surface area (Å²) >= 11 is 0. The van der Waals surface area contributed by atoms with E-state index in [0.717, 1.165) is 5.56 Å². The molecule has 1 aromatic heterocycles. The van der Waals surface area contributed by atoms with Gasteiger partial charge in [-0.3, -0.25) is 9.78 Å². The van der Waals surface area contributed by atoms with Crippen molar-refractivity contribution in [3.63, 3.8) is 0 Å². The Morgan fingerprint density at radius 2 is 2.43 bits per heavy atom. The number of carbonyl (C=O) groups is 1. The SMILES string of the molecule is COc1ccncc1CC(C)C(=O)O. The first-order valence-corrected chi connectivity index (χ1v) is 4.35. The lowest BCUT2D eigenvalue weighted by Gasteiger charge is -2.09. The number of aromatic nitrogens is 1. The maximum absolute atomic E-state index is 10.6. The van der Waals surface area contributed by atoms with Crippen molar-refractivity contribution in [3.05, 3.63) is 24.0 Å². The van der Waals surface area contributed by atoms with Crippen LogP contribution in [0.15, 0.2) is 18.5 Å². The summed E-state index contributed by atoms with van der Waals surface area (Å²) in [5, 5.41) is 8.75. The maximum atomic E-state index is 10.6. The van der Waals surface area contributed by atoms with E-state index >= 15 is 0 Å². The molecule has 0 bridgehead atoms. The highest BCUT2D eigenvalue weighted by molar-refractivity contribution is 5.70. The van der Waals surface area contributed by atoms with Gasteiger partial charge in [0.25, 0.3) is 0 Å². The highest BCUT2D eigenvalue weighted by atomic mass is 16.5. The largest absolute Gasteiger partial charge is 0.496 e. The molecule has 4 heteroatoms. The summed E-state index contributed by atoms with van der Waals surface area (Å²) in [6.45, 7) is 1.66. The average molecular weight is 195 g/mol. The van der Waals surface area contributed by atoms with Crippen molar-refractivity contribution in [1.82, 2.24) is 4.98 Å². The third-order valence-electron chi connectivity index (χ3n) is 2.03. The van der Waals surface area contributed by atoms with E-state index in [9.17, 15) is 4.79 Å². The van der Waals surface area contributed by atoms with Crippen LogP contribution < -0.4 is 4.74 Å². The lowest BCUT2D eigenvalue weighted by molar-refractivity contribution is -0.141. The van der Waals surface area contributed by atoms with Crippen molar-refractivity contribution in [1.29, 1.82) is 0 Å². The van der Waals surface area contributed by atoms with Gasteiger partial charge in [-0.2, -0.15) is 0 Å². The monoisotopic (exact) mass is 195 g/mol. The van der Waals surface area contributed by atoms with Gasteiger partial charge in [0.15, 0.2) is 0 Å². The molecule has 0 aromatic carbocycles. The zero-order valence-corrected chi connectivity index (χ0v) is 8.23. The number of pyridine rings is 1. The fourth-order valence-corrected chi connectivity index (χ4v) is 1.18. The molecule has 0 aliphatic carbocycles. The van der Waals surface area contributed by atoms with Gasteiger partial charge in [-0.15, -0.1) is 0 Å². The van der Waals surface area contributed by atoms with Gasteiger partial charge < -0.3 is 9.84 Å². The highest BCUT2D eigenvalue weighted by Crippen LogP contribution is 2.19. The van der Waals surface area contributed by atoms with Crippen molar-refractivity contribution in [3.8, 4) is 5.75 Å². The number of methoxy groups -OCH3 is 1. The van der Waals surface area contributed by atoms with Gasteiger partial charge in [0.05, 0.1) is 13.0 Å². The first-order chi connectivity index (χ1) is 6.65. The number of carboxylic acid groups (broad SMARTS) is 1. The van der Waals surface area contributed by atoms with Crippen LogP contribution in [0.1, 0.15) is 12.5 Å². The van der Waals surface area contributed by atoms with Gasteiger partial charge >= 0.3 is 5.97 Å². The van der Waals surface area contributed by atoms with Crippen LogP contribution in [-0.4, -0.2) is 23.2 Å². The number of ether oxygens (including phenoxy) is 1. The Morgan fingerprint density at radius 3 is 3.00 bits per heavy atom. The second-order valence-electron chi connectivity index (χ2n) is 3.13. The van der Waals surface area contributed by atoms with E-state index in [1.54, 1.807) is 32.5 Å². The number of rotatable bonds is 4. The third-order valence-corrected chi connectivity index (χ3v) is 2.03. The molecule has 4 nitrogen and oxygen atoms in total. The predicted molar refractivity (Wildman–Crippen MR) is 51.3 cm³/mol. The van der Waals surface area contributed by atoms with Crippen LogP contribution in [-0.2, 0) is 11.2 Å². The molecule has 0 radical (unpaired) electrons. The lowest BCUT2D eigenvalue weighted by Crippen LogP contribution is -2.12. The summed E-state index contributed by atoms with van der Waals surface area (Å²) in [6, 6.07) is 1.73. The number of hydrogen-bond donors (Lipinski definition) is 1. The minimum absolute atomic E-state index is 0.423. The molecule has 76 valence electrons. The predicted octanol–water partition coefficient (Wildman–Crippen LogP) is 1.35. The van der Waals surface area contributed by atoms with Crippen LogP contribution in [0.25, 0.3) is 0 Å². The fourth-order valence-electron chi connectivity index (χ4n) is 1.18. The molecular formula is C10H13NO3. The van der Waals surface area contributed by atoms with E-state index in [0.29, 0.717) is 12.2 Å². The Kier molecular flexibility index (Phi) is 3.45. The normalized spacial score (nSPS) is 12.1. The molecule has 14 heavy (non-hydrogen) atoms. The minimum Gasteiger partial charge on any atom is -0.496 e. The van der Waals surface area contributed by atoms with Crippen molar-refractivity contribution < 1.29 is 14.6 Å². The number of nitrogens with zero attached hydrogens (tertiary/aromatic N) is 1. The quantitative estimate of drug-likeness (QED) is 0.787. The van der Waals surface area contributed by atoms with Crippen LogP contribution in [0, 0.1) is 5.92 Å². The summed E-state index contributed by atoms with van der Waals surface area (Å²) in [7, 11) is 1.56. The van der Waals surface area contributed by atoms with Crippen LogP contribution in [0.2, 0.25) is 0 Å². The molecule has 0 amide bonds. The summed E-state index contributed by atoms with van der Waals surface area (Å²) in [6.07, 6.45) is 3.69. The van der Waals surface area contributed by atoms with E-state index in [4.69, 9.17) is 9.84 Å². The van der Waals surface area contributed by atoms with E-state index in [1.165, 1.54) is 0 Å². The van der Waals surface area contributed by atoms with E-state index in [1.807, 2.05) is 0 Å². The minimum atomic E-state index is -0.809. The van der Waals surface area contributed by atoms with Gasteiger partial charge in [-0.25, -0.2) is 0 Å². The summed E-state index contributed by atoms with van der Waals surface area (Å²) in [5.74, 6) is -0.544. The smallest absolute Gasteiger partial charge is 0.306 e. The fraction of sp³-hybridized carbons (Fsp3) is 0.400. The highest BCUT2D eigenvalue weighted by Gasteiger charge is 2.14. The number of hydrogen-bond acceptors (Lipinski definition) is 3. The van der Waals surface area contributed by atoms with Gasteiger partial charge in [-0.1, -0.05) is 6.92 Å². The van der Waals surface area contributed by atoms with Crippen LogP contribution >= 0.6 is 0 Å². The van der Waals surface area contributed by atoms with Gasteiger partial charge in [-0.05, 0) is 12.5 Å². The molecule has 0 aliphatic rings. The van der Waals surface area contributed by atoms with Crippen LogP contribution in [0.3, 0.4) is 0 Å². The molecule has 1 rings (SSSR count). The second-order valence-corrected chi connectivity index (χ2v) is 3.13. The Bertz CT molecular complexity index is 325. The zero-order chi connectivity index (χ0) is 10.6. The molecule has 1 heterocycles. The molecule has 1 aromatic rings. The summed E-state index contributed by atoms with van der Waals surface area (Å²) in [5.41, 5.74) is 0.824. The molecule has 0 saturated carbocycles. The first-order valence-electron chi connectivity index (χ1n) is 4.35. The molecule has 1 N–H and O–H groups in total. The van der Waals surface area contributed by atoms with E-state index < -0.39 is 11.9 Å². The Labute approximate surface area is 82.5 Å². The van der Waals surface area contributed by atoms with Gasteiger partial charge in [0, 0.05) is 18.0 Å². The molecule has 0 aliphatic heterocycles. The first kappa shape index (κ1) is 10.5. The lowest BCUT2D eigenvalue weighted by atomic mass is 10.0. The Balaban J connectivity index is 2.80. The Hall–Kier alpha value is -1.58. The number of aliphatic carboxylic acids is 1. The topological polar surface area (TPSA) is 59.4 Å². The van der Waals surface area contributed by atoms with Gasteiger partial charge in [0.1, 0.15) is 5.75 Å². The second kappa shape index (κ2) is 4.60. The van der Waals surface area contributed by atoms with E-state index in [2.05, 4.69) is 4.98 Å². The molecular weight excluding hydrogens is 182 g/mol. The molecule has 0 spiro atoms. The average Bonchev–Trinajstić information content (AvgIpc) is 2.18. The summed E-state index contributed by atoms with van der Waals surface area (Å²) < 4.78 is 5.09. The summed E-state index contributed by atoms with van der Waals surface area (Å²) in [4.78, 5) is 14.6. The molecule has 0 fully saturated rings. The van der Waals surface area contributed by atoms with Crippen molar-refractivity contribution in [2.24, 2.45) is 5.92 Å². The Morgan fingerprint density at radius 1 is 1.71 bits per heavy atom. The number of carboxylic acids is 1. The zero-order valence-electron chi connectivity index (χ0n) is 8.23. The standard InChI is InChI=1S/C10H13NO3/c1-7(10(12)13)5-8-6-11-4-3-9(8)14-2/h3-4,6-7H,5H2,1-2H3,(H,12,13). The third kappa shape index (κ3) is 2.45.